The van der Waals surface area contributed by atoms with E-state index < -0.39 is 18.3 Å². The molecule has 20 heavy (non-hydrogen) atoms. The number of nitrogens with zero attached hydrogens (tertiary/aromatic N) is 2. The van der Waals surface area contributed by atoms with Crippen LogP contribution in [0.4, 0.5) is 17.6 Å². The molecule has 1 aliphatic rings. The van der Waals surface area contributed by atoms with Crippen LogP contribution in [0.5, 0.6) is 0 Å². The second kappa shape index (κ2) is 6.09. The van der Waals surface area contributed by atoms with Gasteiger partial charge in [0, 0.05) is 32.7 Å². The molecule has 8 heteroatoms. The molecule has 0 aromatic carbocycles. The summed E-state index contributed by atoms with van der Waals surface area (Å²) < 4.78 is 50.2. The summed E-state index contributed by atoms with van der Waals surface area (Å²) in [5, 5.41) is 3.93. The van der Waals surface area contributed by atoms with Gasteiger partial charge >= 0.3 is 12.3 Å². The van der Waals surface area contributed by atoms with Gasteiger partial charge in [-0.15, -0.1) is 0 Å². The molecule has 1 fully saturated rings. The molecule has 0 atom stereocenters. The van der Waals surface area contributed by atoms with Gasteiger partial charge in [0.25, 0.3) is 5.91 Å². The second-order valence-electron chi connectivity index (χ2n) is 4.62. The zero-order chi connectivity index (χ0) is 14.8. The fraction of sp³-hybridized carbons (Fsp3) is 0.583. The molecule has 0 aliphatic carbocycles. The number of carbonyl (C=O) groups is 1. The molecule has 1 aliphatic heterocycles. The number of alkyl halides is 4. The van der Waals surface area contributed by atoms with Crippen molar-refractivity contribution in [2.75, 3.05) is 26.2 Å². The molecule has 0 bridgehead atoms. The summed E-state index contributed by atoms with van der Waals surface area (Å²) >= 11 is 1.57. The van der Waals surface area contributed by atoms with Gasteiger partial charge in [0.15, 0.2) is 0 Å². The van der Waals surface area contributed by atoms with E-state index in [0.717, 1.165) is 10.5 Å². The number of rotatable bonds is 4. The predicted octanol–water partition coefficient (Wildman–Crippen LogP) is 2.29. The van der Waals surface area contributed by atoms with Crippen LogP contribution in [0, 0.1) is 0 Å². The minimum absolute atomic E-state index is 0.0469. The van der Waals surface area contributed by atoms with E-state index in [2.05, 4.69) is 0 Å². The Balaban J connectivity index is 1.86. The van der Waals surface area contributed by atoms with Crippen molar-refractivity contribution in [1.82, 2.24) is 9.80 Å². The SMILES string of the molecule is O=C(N1CCN(Cc2ccsc2)CC1)C(F)(F)C(F)F. The van der Waals surface area contributed by atoms with E-state index >= 15 is 0 Å². The van der Waals surface area contributed by atoms with Gasteiger partial charge in [0.2, 0.25) is 0 Å². The van der Waals surface area contributed by atoms with Crippen molar-refractivity contribution in [3.63, 3.8) is 0 Å². The van der Waals surface area contributed by atoms with E-state index in [-0.39, 0.29) is 13.1 Å². The first-order valence-corrected chi connectivity index (χ1v) is 7.04. The lowest BCUT2D eigenvalue weighted by Gasteiger charge is -2.35. The van der Waals surface area contributed by atoms with Crippen LogP contribution >= 0.6 is 11.3 Å². The predicted molar refractivity (Wildman–Crippen MR) is 67.1 cm³/mol. The molecule has 0 saturated carbocycles. The molecule has 0 unspecified atom stereocenters. The number of thiophene rings is 1. The summed E-state index contributed by atoms with van der Waals surface area (Å²) in [7, 11) is 0. The van der Waals surface area contributed by atoms with E-state index in [0.29, 0.717) is 19.6 Å². The largest absolute Gasteiger partial charge is 0.383 e. The zero-order valence-corrected chi connectivity index (χ0v) is 11.4. The van der Waals surface area contributed by atoms with E-state index in [1.54, 1.807) is 11.3 Å². The number of halogens is 4. The lowest BCUT2D eigenvalue weighted by atomic mass is 10.2. The minimum Gasteiger partial charge on any atom is -0.335 e. The molecule has 112 valence electrons. The Morgan fingerprint density at radius 1 is 1.30 bits per heavy atom. The Labute approximate surface area is 117 Å². The Morgan fingerprint density at radius 3 is 2.45 bits per heavy atom. The van der Waals surface area contributed by atoms with Crippen LogP contribution in [-0.2, 0) is 11.3 Å². The van der Waals surface area contributed by atoms with Crippen LogP contribution in [0.3, 0.4) is 0 Å². The Morgan fingerprint density at radius 2 is 1.95 bits per heavy atom. The average molecular weight is 310 g/mol. The smallest absolute Gasteiger partial charge is 0.335 e. The number of amides is 1. The van der Waals surface area contributed by atoms with Crippen molar-refractivity contribution in [2.24, 2.45) is 0 Å². The highest BCUT2D eigenvalue weighted by molar-refractivity contribution is 7.07. The van der Waals surface area contributed by atoms with Gasteiger partial charge in [-0.05, 0) is 22.4 Å². The third-order valence-corrected chi connectivity index (χ3v) is 3.94. The van der Waals surface area contributed by atoms with E-state index in [1.807, 2.05) is 21.7 Å². The summed E-state index contributed by atoms with van der Waals surface area (Å²) in [4.78, 5) is 14.2. The van der Waals surface area contributed by atoms with Gasteiger partial charge in [-0.25, -0.2) is 8.78 Å². The van der Waals surface area contributed by atoms with Crippen molar-refractivity contribution in [2.45, 2.75) is 18.9 Å². The third kappa shape index (κ3) is 3.29. The summed E-state index contributed by atoms with van der Waals surface area (Å²) in [6.45, 7) is 1.58. The first kappa shape index (κ1) is 15.2. The van der Waals surface area contributed by atoms with Gasteiger partial charge in [-0.1, -0.05) is 0 Å². The van der Waals surface area contributed by atoms with E-state index in [9.17, 15) is 22.4 Å². The van der Waals surface area contributed by atoms with Crippen LogP contribution in [0.25, 0.3) is 0 Å². The molecule has 1 saturated heterocycles. The maximum Gasteiger partial charge on any atom is 0.383 e. The van der Waals surface area contributed by atoms with Crippen molar-refractivity contribution >= 4 is 17.2 Å². The minimum atomic E-state index is -4.59. The van der Waals surface area contributed by atoms with Gasteiger partial charge in [0.05, 0.1) is 0 Å². The lowest BCUT2D eigenvalue weighted by Crippen LogP contribution is -2.54. The maximum atomic E-state index is 13.0. The molecule has 0 spiro atoms. The molecule has 2 rings (SSSR count). The first-order valence-electron chi connectivity index (χ1n) is 6.10. The molecular weight excluding hydrogens is 296 g/mol. The quantitative estimate of drug-likeness (QED) is 0.797. The molecule has 0 radical (unpaired) electrons. The highest BCUT2D eigenvalue weighted by Crippen LogP contribution is 2.26. The van der Waals surface area contributed by atoms with Crippen LogP contribution in [0.2, 0.25) is 0 Å². The van der Waals surface area contributed by atoms with Gasteiger partial charge in [0.1, 0.15) is 0 Å². The first-order chi connectivity index (χ1) is 9.41. The maximum absolute atomic E-state index is 13.0. The standard InChI is InChI=1S/C12H14F4N2OS/c13-10(14)12(15,16)11(19)18-4-2-17(3-5-18)7-9-1-6-20-8-9/h1,6,8,10H,2-5,7H2. The molecule has 2 heterocycles. The van der Waals surface area contributed by atoms with Crippen molar-refractivity contribution in [3.05, 3.63) is 22.4 Å². The van der Waals surface area contributed by atoms with Crippen LogP contribution in [0.1, 0.15) is 5.56 Å². The number of piperazine rings is 1. The molecule has 3 nitrogen and oxygen atoms in total. The summed E-state index contributed by atoms with van der Waals surface area (Å²) in [5.74, 6) is -6.36. The Bertz CT molecular complexity index is 444. The highest BCUT2D eigenvalue weighted by Gasteiger charge is 2.51. The fourth-order valence-electron chi connectivity index (χ4n) is 2.05. The Kier molecular flexibility index (Phi) is 4.64. The summed E-state index contributed by atoms with van der Waals surface area (Å²) in [6.07, 6.45) is -3.96. The van der Waals surface area contributed by atoms with Crippen LogP contribution < -0.4 is 0 Å². The lowest BCUT2D eigenvalue weighted by molar-refractivity contribution is -0.182. The van der Waals surface area contributed by atoms with Crippen molar-refractivity contribution in [1.29, 1.82) is 0 Å². The number of carbonyl (C=O) groups excluding carboxylic acids is 1. The summed E-state index contributed by atoms with van der Waals surface area (Å²) in [5.41, 5.74) is 1.12. The second-order valence-corrected chi connectivity index (χ2v) is 5.40. The monoisotopic (exact) mass is 310 g/mol. The zero-order valence-electron chi connectivity index (χ0n) is 10.6. The average Bonchev–Trinajstić information content (AvgIpc) is 2.91. The number of hydrogen-bond acceptors (Lipinski definition) is 3. The van der Waals surface area contributed by atoms with Gasteiger partial charge in [-0.3, -0.25) is 9.69 Å². The topological polar surface area (TPSA) is 23.6 Å². The van der Waals surface area contributed by atoms with Gasteiger partial charge in [-0.2, -0.15) is 20.1 Å². The molecule has 1 aromatic heterocycles. The molecular formula is C12H14F4N2OS. The molecule has 0 N–H and O–H groups in total. The van der Waals surface area contributed by atoms with Crippen molar-refractivity contribution < 1.29 is 22.4 Å². The summed E-state index contributed by atoms with van der Waals surface area (Å²) in [6, 6.07) is 1.97. The highest BCUT2D eigenvalue weighted by atomic mass is 32.1. The molecule has 1 aromatic rings. The fourth-order valence-corrected chi connectivity index (χ4v) is 2.71. The Hall–Kier alpha value is -1.15. The normalized spacial score (nSPS) is 17.8. The molecule has 1 amide bonds. The van der Waals surface area contributed by atoms with Crippen molar-refractivity contribution in [3.8, 4) is 0 Å². The van der Waals surface area contributed by atoms with Gasteiger partial charge < -0.3 is 4.90 Å². The number of hydrogen-bond donors (Lipinski definition) is 0. The van der Waals surface area contributed by atoms with E-state index in [1.165, 1.54) is 0 Å². The van der Waals surface area contributed by atoms with Crippen LogP contribution in [0.15, 0.2) is 16.8 Å². The van der Waals surface area contributed by atoms with E-state index in [4.69, 9.17) is 0 Å². The van der Waals surface area contributed by atoms with Crippen LogP contribution in [-0.4, -0.2) is 54.2 Å². The third-order valence-electron chi connectivity index (χ3n) is 3.20.